The molecule has 0 aliphatic rings. The first-order chi connectivity index (χ1) is 10.5. The molecule has 1 rings (SSSR count). The topological polar surface area (TPSA) is 119 Å². The lowest BCUT2D eigenvalue weighted by Crippen LogP contribution is -2.09. The number of nitrogens with zero attached hydrogens (tertiary/aromatic N) is 2. The van der Waals surface area contributed by atoms with Gasteiger partial charge in [0.05, 0.1) is 4.92 Å². The molecule has 1 aromatic rings. The van der Waals surface area contributed by atoms with Crippen LogP contribution in [0.25, 0.3) is 0 Å². The lowest BCUT2D eigenvalue weighted by molar-refractivity contribution is -0.384. The highest BCUT2D eigenvalue weighted by atomic mass is 16.6. The fourth-order valence-corrected chi connectivity index (χ4v) is 1.60. The van der Waals surface area contributed by atoms with Gasteiger partial charge in [-0.3, -0.25) is 10.1 Å². The number of unbranched alkanes of at least 4 members (excludes halogenated alkanes) is 1. The van der Waals surface area contributed by atoms with Crippen LogP contribution in [-0.2, 0) is 16.1 Å². The maximum atomic E-state index is 11.7. The zero-order valence-corrected chi connectivity index (χ0v) is 12.0. The second-order valence-corrected chi connectivity index (χ2v) is 4.49. The Bertz CT molecular complexity index is 580. The predicted octanol–water partition coefficient (Wildman–Crippen LogP) is 3.36. The SMILES string of the molecule is CCCCC(O)=C(N=O)C(=O)OCc1ccc([N+](=O)[O-])cc1. The Hall–Kier alpha value is -2.77. The summed E-state index contributed by atoms with van der Waals surface area (Å²) in [4.78, 5) is 32.3. The normalized spacial score (nSPS) is 11.5. The van der Waals surface area contributed by atoms with Gasteiger partial charge < -0.3 is 9.84 Å². The number of hydrogen-bond acceptors (Lipinski definition) is 7. The van der Waals surface area contributed by atoms with Gasteiger partial charge in [0.2, 0.25) is 5.70 Å². The Balaban J connectivity index is 2.67. The number of benzene rings is 1. The highest BCUT2D eigenvalue weighted by Crippen LogP contribution is 2.15. The number of non-ortho nitro benzene ring substituents is 1. The molecule has 0 aliphatic heterocycles. The van der Waals surface area contributed by atoms with Crippen LogP contribution in [-0.4, -0.2) is 16.0 Å². The minimum absolute atomic E-state index is 0.0811. The summed E-state index contributed by atoms with van der Waals surface area (Å²) in [5.74, 6) is -1.42. The van der Waals surface area contributed by atoms with Gasteiger partial charge in [-0.05, 0) is 29.3 Å². The van der Waals surface area contributed by atoms with Crippen molar-refractivity contribution in [2.75, 3.05) is 0 Å². The van der Waals surface area contributed by atoms with Crippen LogP contribution >= 0.6 is 0 Å². The summed E-state index contributed by atoms with van der Waals surface area (Å²) in [7, 11) is 0. The van der Waals surface area contributed by atoms with Crippen molar-refractivity contribution >= 4 is 11.7 Å². The molecule has 1 aromatic carbocycles. The number of aliphatic hydroxyl groups is 1. The molecule has 0 unspecified atom stereocenters. The standard InChI is InChI=1S/C14H16N2O6/c1-2-3-4-12(17)13(15-19)14(18)22-9-10-5-7-11(8-6-10)16(20)21/h5-8,17H,2-4,9H2,1H3. The van der Waals surface area contributed by atoms with Gasteiger partial charge in [-0.2, -0.15) is 0 Å². The third-order valence-corrected chi connectivity index (χ3v) is 2.84. The van der Waals surface area contributed by atoms with Crippen LogP contribution in [0.15, 0.2) is 40.9 Å². The van der Waals surface area contributed by atoms with Crippen molar-refractivity contribution in [3.63, 3.8) is 0 Å². The molecule has 22 heavy (non-hydrogen) atoms. The molecule has 0 heterocycles. The van der Waals surface area contributed by atoms with Crippen LogP contribution in [0.3, 0.4) is 0 Å². The van der Waals surface area contributed by atoms with Gasteiger partial charge in [-0.25, -0.2) is 4.79 Å². The molecule has 0 saturated carbocycles. The monoisotopic (exact) mass is 308 g/mol. The van der Waals surface area contributed by atoms with Crippen LogP contribution in [0.1, 0.15) is 31.7 Å². The molecule has 0 aromatic heterocycles. The molecule has 0 spiro atoms. The van der Waals surface area contributed by atoms with E-state index in [1.165, 1.54) is 24.3 Å². The van der Waals surface area contributed by atoms with E-state index in [1.54, 1.807) is 0 Å². The van der Waals surface area contributed by atoms with Gasteiger partial charge in [0.1, 0.15) is 12.4 Å². The molecule has 8 heteroatoms. The van der Waals surface area contributed by atoms with Crippen molar-refractivity contribution in [2.24, 2.45) is 5.18 Å². The van der Waals surface area contributed by atoms with Crippen LogP contribution in [0, 0.1) is 15.0 Å². The molecule has 0 saturated heterocycles. The minimum atomic E-state index is -1.03. The number of carbonyl (C=O) groups is 1. The van der Waals surface area contributed by atoms with E-state index in [0.29, 0.717) is 12.0 Å². The number of hydrogen-bond donors (Lipinski definition) is 1. The van der Waals surface area contributed by atoms with Crippen molar-refractivity contribution in [2.45, 2.75) is 32.8 Å². The molecule has 118 valence electrons. The van der Waals surface area contributed by atoms with Crippen LogP contribution in [0.5, 0.6) is 0 Å². The number of nitro benzene ring substituents is 1. The molecule has 0 fully saturated rings. The summed E-state index contributed by atoms with van der Waals surface area (Å²) in [5, 5.41) is 22.6. The summed E-state index contributed by atoms with van der Waals surface area (Å²) in [5.41, 5.74) is -0.213. The first-order valence-electron chi connectivity index (χ1n) is 6.65. The Morgan fingerprint density at radius 3 is 2.50 bits per heavy atom. The quantitative estimate of drug-likeness (QED) is 0.196. The van der Waals surface area contributed by atoms with E-state index in [1.807, 2.05) is 6.92 Å². The summed E-state index contributed by atoms with van der Waals surface area (Å²) in [6, 6.07) is 5.41. The minimum Gasteiger partial charge on any atom is -0.510 e. The maximum Gasteiger partial charge on any atom is 0.364 e. The lowest BCUT2D eigenvalue weighted by atomic mass is 10.2. The van der Waals surface area contributed by atoms with E-state index >= 15 is 0 Å². The smallest absolute Gasteiger partial charge is 0.364 e. The van der Waals surface area contributed by atoms with E-state index < -0.39 is 22.3 Å². The van der Waals surface area contributed by atoms with Crippen molar-refractivity contribution in [1.82, 2.24) is 0 Å². The first-order valence-corrected chi connectivity index (χ1v) is 6.65. The fourth-order valence-electron chi connectivity index (χ4n) is 1.60. The summed E-state index contributed by atoms with van der Waals surface area (Å²) < 4.78 is 4.86. The molecule has 1 N–H and O–H groups in total. The molecule has 0 bridgehead atoms. The van der Waals surface area contributed by atoms with E-state index in [4.69, 9.17) is 4.74 Å². The fraction of sp³-hybridized carbons (Fsp3) is 0.357. The largest absolute Gasteiger partial charge is 0.510 e. The third kappa shape index (κ3) is 4.97. The van der Waals surface area contributed by atoms with Gasteiger partial charge in [0.25, 0.3) is 5.69 Å². The van der Waals surface area contributed by atoms with Gasteiger partial charge in [0, 0.05) is 18.6 Å². The molecule has 0 amide bonds. The number of aliphatic hydroxyl groups excluding tert-OH is 1. The second-order valence-electron chi connectivity index (χ2n) is 4.49. The number of esters is 1. The lowest BCUT2D eigenvalue weighted by Gasteiger charge is -2.05. The third-order valence-electron chi connectivity index (χ3n) is 2.84. The number of allylic oxidation sites excluding steroid dienone is 1. The maximum absolute atomic E-state index is 11.7. The zero-order chi connectivity index (χ0) is 16.5. The van der Waals surface area contributed by atoms with E-state index in [9.17, 15) is 24.9 Å². The van der Waals surface area contributed by atoms with E-state index in [2.05, 4.69) is 5.18 Å². The number of carbonyl (C=O) groups excluding carboxylic acids is 1. The second kappa shape index (κ2) is 8.50. The summed E-state index contributed by atoms with van der Waals surface area (Å²) in [6.45, 7) is 1.71. The van der Waals surface area contributed by atoms with Gasteiger partial charge in [-0.15, -0.1) is 4.91 Å². The molecule has 0 atom stereocenters. The molecule has 0 radical (unpaired) electrons. The predicted molar refractivity (Wildman–Crippen MR) is 77.9 cm³/mol. The Kier molecular flexibility index (Phi) is 6.68. The van der Waals surface area contributed by atoms with Crippen LogP contribution in [0.2, 0.25) is 0 Å². The Labute approximate surface area is 126 Å². The molecule has 8 nitrogen and oxygen atoms in total. The van der Waals surface area contributed by atoms with Crippen molar-refractivity contribution in [1.29, 1.82) is 0 Å². The number of nitro groups is 1. The average Bonchev–Trinajstić information content (AvgIpc) is 2.52. The van der Waals surface area contributed by atoms with Crippen molar-refractivity contribution in [3.8, 4) is 0 Å². The van der Waals surface area contributed by atoms with Gasteiger partial charge in [0.15, 0.2) is 0 Å². The zero-order valence-electron chi connectivity index (χ0n) is 12.0. The molecule has 0 aliphatic carbocycles. The highest BCUT2D eigenvalue weighted by molar-refractivity contribution is 5.88. The number of rotatable bonds is 8. The number of ether oxygens (including phenoxy) is 1. The summed E-state index contributed by atoms with van der Waals surface area (Å²) >= 11 is 0. The van der Waals surface area contributed by atoms with Crippen LogP contribution < -0.4 is 0 Å². The Morgan fingerprint density at radius 2 is 2.00 bits per heavy atom. The first kappa shape index (κ1) is 17.3. The van der Waals surface area contributed by atoms with E-state index in [0.717, 1.165) is 6.42 Å². The van der Waals surface area contributed by atoms with Crippen LogP contribution in [0.4, 0.5) is 5.69 Å². The molecular weight excluding hydrogens is 292 g/mol. The van der Waals surface area contributed by atoms with Crippen molar-refractivity contribution < 1.29 is 19.6 Å². The number of nitroso groups, excluding NO2 is 1. The summed E-state index contributed by atoms with van der Waals surface area (Å²) in [6.07, 6.45) is 1.57. The van der Waals surface area contributed by atoms with Crippen molar-refractivity contribution in [3.05, 3.63) is 56.3 Å². The molecular formula is C14H16N2O6. The highest BCUT2D eigenvalue weighted by Gasteiger charge is 2.18. The van der Waals surface area contributed by atoms with Gasteiger partial charge in [-0.1, -0.05) is 13.3 Å². The Morgan fingerprint density at radius 1 is 1.36 bits per heavy atom. The van der Waals surface area contributed by atoms with Gasteiger partial charge >= 0.3 is 5.97 Å². The van der Waals surface area contributed by atoms with E-state index in [-0.39, 0.29) is 18.7 Å². The average molecular weight is 308 g/mol.